The molecule has 1 amide bonds. The highest BCUT2D eigenvalue weighted by molar-refractivity contribution is 8.14. The molecule has 1 aromatic carbocycles. The molecule has 2 rings (SSSR count). The normalized spacial score (nSPS) is 14.3. The number of ether oxygens (including phenoxy) is 1. The van der Waals surface area contributed by atoms with Crippen LogP contribution >= 0.6 is 35.3 Å². The monoisotopic (exact) mass is 407 g/mol. The number of hydrogen-bond donors (Lipinski definition) is 2. The Balaban J connectivity index is 1.96. The van der Waals surface area contributed by atoms with Gasteiger partial charge in [0, 0.05) is 29.9 Å². The van der Waals surface area contributed by atoms with Gasteiger partial charge in [0.15, 0.2) is 0 Å². The van der Waals surface area contributed by atoms with Crippen molar-refractivity contribution in [2.75, 3.05) is 30.2 Å². The molecule has 10 heteroatoms. The average Bonchev–Trinajstić information content (AvgIpc) is 2.61. The molecule has 1 saturated heterocycles. The molecule has 138 valence electrons. The first kappa shape index (κ1) is 20.2. The number of nitrogens with one attached hydrogen (secondary N) is 2. The Kier molecular flexibility index (Phi) is 8.14. The molecular formula is C15H19ClFN3O3S2. The van der Waals surface area contributed by atoms with E-state index >= 15 is 0 Å². The number of benzene rings is 1. The van der Waals surface area contributed by atoms with Crippen molar-refractivity contribution in [3.8, 4) is 0 Å². The Labute approximate surface area is 159 Å². The standard InChI is InChI=1S/C15H19ClFN3O3S2/c1-2-23-14(21)9-24-13-8-12(11(17)7-10(13)16)19-25-15(22)20-6-4-3-5-18-20/h7-8,18-19H,2-6,9H2,1H3. The van der Waals surface area contributed by atoms with Crippen molar-refractivity contribution in [1.29, 1.82) is 0 Å². The Morgan fingerprint density at radius 1 is 1.44 bits per heavy atom. The summed E-state index contributed by atoms with van der Waals surface area (Å²) in [7, 11) is 0. The van der Waals surface area contributed by atoms with Crippen LogP contribution in [0.15, 0.2) is 17.0 Å². The number of hydrogen-bond acceptors (Lipinski definition) is 7. The highest BCUT2D eigenvalue weighted by Gasteiger charge is 2.18. The van der Waals surface area contributed by atoms with Crippen LogP contribution in [0.2, 0.25) is 5.02 Å². The number of anilines is 1. The molecule has 6 nitrogen and oxygen atoms in total. The highest BCUT2D eigenvalue weighted by Crippen LogP contribution is 2.33. The molecule has 2 N–H and O–H groups in total. The number of nitrogens with zero attached hydrogens (tertiary/aromatic N) is 1. The number of thioether (sulfide) groups is 1. The molecule has 0 spiro atoms. The number of amides is 1. The summed E-state index contributed by atoms with van der Waals surface area (Å²) in [5.74, 6) is -0.872. The highest BCUT2D eigenvalue weighted by atomic mass is 35.5. The predicted molar refractivity (Wildman–Crippen MR) is 99.3 cm³/mol. The van der Waals surface area contributed by atoms with E-state index in [1.807, 2.05) is 0 Å². The lowest BCUT2D eigenvalue weighted by Crippen LogP contribution is -2.45. The zero-order chi connectivity index (χ0) is 18.2. The average molecular weight is 408 g/mol. The molecule has 1 fully saturated rings. The molecule has 1 aliphatic rings. The number of esters is 1. The summed E-state index contributed by atoms with van der Waals surface area (Å²) in [6, 6.07) is 2.63. The van der Waals surface area contributed by atoms with Crippen molar-refractivity contribution in [2.24, 2.45) is 0 Å². The number of carbonyl (C=O) groups excluding carboxylic acids is 2. The van der Waals surface area contributed by atoms with Crippen LogP contribution in [0, 0.1) is 5.82 Å². The van der Waals surface area contributed by atoms with Crippen LogP contribution in [0.4, 0.5) is 14.9 Å². The Hall–Kier alpha value is -1.16. The number of hydrazine groups is 1. The van der Waals surface area contributed by atoms with Crippen LogP contribution in [-0.4, -0.2) is 41.7 Å². The van der Waals surface area contributed by atoms with E-state index < -0.39 is 5.82 Å². The topological polar surface area (TPSA) is 70.7 Å². The van der Waals surface area contributed by atoms with Crippen LogP contribution < -0.4 is 10.1 Å². The maximum Gasteiger partial charge on any atom is 0.316 e. The third-order valence-corrected chi connectivity index (χ3v) is 5.42. The van der Waals surface area contributed by atoms with E-state index in [9.17, 15) is 14.0 Å². The van der Waals surface area contributed by atoms with Gasteiger partial charge < -0.3 is 9.46 Å². The van der Waals surface area contributed by atoms with E-state index in [0.717, 1.165) is 49.2 Å². The summed E-state index contributed by atoms with van der Waals surface area (Å²) >= 11 is 7.95. The molecule has 0 unspecified atom stereocenters. The Morgan fingerprint density at radius 3 is 2.92 bits per heavy atom. The second-order valence-corrected chi connectivity index (χ2v) is 7.27. The van der Waals surface area contributed by atoms with Gasteiger partial charge in [0.1, 0.15) is 5.82 Å². The van der Waals surface area contributed by atoms with Crippen molar-refractivity contribution < 1.29 is 18.7 Å². The largest absolute Gasteiger partial charge is 0.465 e. The quantitative estimate of drug-likeness (QED) is 0.420. The molecule has 0 aromatic heterocycles. The van der Waals surface area contributed by atoms with Gasteiger partial charge in [-0.1, -0.05) is 11.6 Å². The fourth-order valence-corrected chi connectivity index (χ4v) is 3.74. The number of carbonyl (C=O) groups is 2. The van der Waals surface area contributed by atoms with Gasteiger partial charge in [-0.3, -0.25) is 14.6 Å². The van der Waals surface area contributed by atoms with Crippen LogP contribution in [-0.2, 0) is 9.53 Å². The smallest absolute Gasteiger partial charge is 0.316 e. The lowest BCUT2D eigenvalue weighted by Gasteiger charge is -2.27. The third kappa shape index (κ3) is 6.25. The SMILES string of the molecule is CCOC(=O)CSc1cc(NSC(=O)N2CCCCN2)c(F)cc1Cl. The van der Waals surface area contributed by atoms with Crippen molar-refractivity contribution in [3.05, 3.63) is 23.0 Å². The molecule has 0 bridgehead atoms. The maximum atomic E-state index is 14.0. The third-order valence-electron chi connectivity index (χ3n) is 3.25. The van der Waals surface area contributed by atoms with Gasteiger partial charge in [-0.05, 0) is 31.9 Å². The van der Waals surface area contributed by atoms with Crippen molar-refractivity contribution >= 4 is 52.2 Å². The minimum absolute atomic E-state index is 0.0718. The van der Waals surface area contributed by atoms with Crippen molar-refractivity contribution in [3.63, 3.8) is 0 Å². The fourth-order valence-electron chi connectivity index (χ4n) is 2.05. The van der Waals surface area contributed by atoms with Crippen molar-refractivity contribution in [1.82, 2.24) is 10.4 Å². The van der Waals surface area contributed by atoms with E-state index in [4.69, 9.17) is 16.3 Å². The summed E-state index contributed by atoms with van der Waals surface area (Å²) in [5.41, 5.74) is 3.12. The minimum Gasteiger partial charge on any atom is -0.465 e. The van der Waals surface area contributed by atoms with Crippen LogP contribution in [0.5, 0.6) is 0 Å². The zero-order valence-electron chi connectivity index (χ0n) is 13.6. The predicted octanol–water partition coefficient (Wildman–Crippen LogP) is 3.91. The molecule has 0 saturated carbocycles. The van der Waals surface area contributed by atoms with Gasteiger partial charge in [0.05, 0.1) is 23.1 Å². The van der Waals surface area contributed by atoms with Crippen LogP contribution in [0.1, 0.15) is 19.8 Å². The van der Waals surface area contributed by atoms with Crippen molar-refractivity contribution in [2.45, 2.75) is 24.7 Å². The van der Waals surface area contributed by atoms with E-state index in [1.165, 1.54) is 11.1 Å². The van der Waals surface area contributed by atoms with Gasteiger partial charge in [0.25, 0.3) is 0 Å². The molecule has 1 heterocycles. The Morgan fingerprint density at radius 2 is 2.24 bits per heavy atom. The summed E-state index contributed by atoms with van der Waals surface area (Å²) in [6.07, 6.45) is 1.96. The first-order valence-electron chi connectivity index (χ1n) is 7.76. The minimum atomic E-state index is -0.572. The van der Waals surface area contributed by atoms with E-state index in [0.29, 0.717) is 18.0 Å². The van der Waals surface area contributed by atoms with Gasteiger partial charge in [-0.25, -0.2) is 9.82 Å². The molecule has 0 atom stereocenters. The first-order chi connectivity index (χ1) is 12.0. The zero-order valence-corrected chi connectivity index (χ0v) is 16.0. The molecule has 1 aromatic rings. The second kappa shape index (κ2) is 10.1. The second-order valence-electron chi connectivity index (χ2n) is 5.09. The van der Waals surface area contributed by atoms with Crippen LogP contribution in [0.3, 0.4) is 0 Å². The maximum absolute atomic E-state index is 14.0. The molecular weight excluding hydrogens is 389 g/mol. The van der Waals surface area contributed by atoms with E-state index in [-0.39, 0.29) is 27.7 Å². The lowest BCUT2D eigenvalue weighted by molar-refractivity contribution is -0.139. The van der Waals surface area contributed by atoms with Gasteiger partial charge in [0.2, 0.25) is 0 Å². The summed E-state index contributed by atoms with van der Waals surface area (Å²) < 4.78 is 21.6. The molecule has 1 aliphatic heterocycles. The first-order valence-corrected chi connectivity index (χ1v) is 9.94. The van der Waals surface area contributed by atoms with Gasteiger partial charge in [-0.15, -0.1) is 11.8 Å². The summed E-state index contributed by atoms with van der Waals surface area (Å²) in [5, 5.41) is 1.46. The summed E-state index contributed by atoms with van der Waals surface area (Å²) in [4.78, 5) is 24.0. The molecule has 25 heavy (non-hydrogen) atoms. The lowest BCUT2D eigenvalue weighted by atomic mass is 10.3. The van der Waals surface area contributed by atoms with Crippen LogP contribution in [0.25, 0.3) is 0 Å². The van der Waals surface area contributed by atoms with Gasteiger partial charge >= 0.3 is 11.2 Å². The summed E-state index contributed by atoms with van der Waals surface area (Å²) in [6.45, 7) is 3.39. The van der Waals surface area contributed by atoms with E-state index in [1.54, 1.807) is 6.92 Å². The number of rotatable bonds is 6. The molecule has 0 radical (unpaired) electrons. The fraction of sp³-hybridized carbons (Fsp3) is 0.467. The number of halogens is 2. The Bertz CT molecular complexity index is 630. The molecule has 0 aliphatic carbocycles. The van der Waals surface area contributed by atoms with Gasteiger partial charge in [-0.2, -0.15) is 0 Å². The van der Waals surface area contributed by atoms with E-state index in [2.05, 4.69) is 10.1 Å².